The minimum Gasteiger partial charge on any atom is -0.476 e. The number of nitrogens with one attached hydrogen (secondary N) is 1. The van der Waals surface area contributed by atoms with E-state index >= 15 is 0 Å². The summed E-state index contributed by atoms with van der Waals surface area (Å²) in [6.07, 6.45) is -1.00. The van der Waals surface area contributed by atoms with Crippen LogP contribution in [0.3, 0.4) is 0 Å². The monoisotopic (exact) mass is 456 g/mol. The molecule has 1 atom stereocenters. The Morgan fingerprint density at radius 1 is 1.10 bits per heavy atom. The third-order valence-electron chi connectivity index (χ3n) is 5.00. The van der Waals surface area contributed by atoms with Crippen LogP contribution in [-0.2, 0) is 21.4 Å². The second-order valence-electron chi connectivity index (χ2n) is 7.27. The van der Waals surface area contributed by atoms with Crippen LogP contribution in [0.2, 0.25) is 5.02 Å². The molecular formula is C23H21ClN2O4S. The predicted octanol–water partition coefficient (Wildman–Crippen LogP) is 3.92. The third kappa shape index (κ3) is 4.52. The first kappa shape index (κ1) is 21.2. The number of benzene rings is 3. The van der Waals surface area contributed by atoms with Gasteiger partial charge in [0.1, 0.15) is 5.75 Å². The Morgan fingerprint density at radius 2 is 1.81 bits per heavy atom. The number of ether oxygens (including phenoxy) is 1. The van der Waals surface area contributed by atoms with Gasteiger partial charge in [0.25, 0.3) is 15.9 Å². The number of rotatable bonds is 5. The van der Waals surface area contributed by atoms with Crippen LogP contribution >= 0.6 is 11.6 Å². The minimum atomic E-state index is -3.93. The molecule has 3 aromatic rings. The SMILES string of the molecule is Cc1ccc(S(=O)(=O)N2C[C@@H](C(=O)NCc3ccccc3)Oc3ccc(Cl)cc32)cc1. The number of nitrogens with zero attached hydrogens (tertiary/aromatic N) is 1. The molecule has 0 fully saturated rings. The fraction of sp³-hybridized carbons (Fsp3) is 0.174. The fourth-order valence-corrected chi connectivity index (χ4v) is 4.96. The van der Waals surface area contributed by atoms with Crippen molar-refractivity contribution in [1.82, 2.24) is 5.32 Å². The zero-order chi connectivity index (χ0) is 22.0. The van der Waals surface area contributed by atoms with E-state index in [-0.39, 0.29) is 17.2 Å². The molecule has 1 N–H and O–H groups in total. The molecule has 0 saturated heterocycles. The van der Waals surface area contributed by atoms with Crippen LogP contribution in [0.5, 0.6) is 5.75 Å². The summed E-state index contributed by atoms with van der Waals surface area (Å²) in [4.78, 5) is 13.0. The fourth-order valence-electron chi connectivity index (χ4n) is 3.32. The molecule has 6 nitrogen and oxygen atoms in total. The molecule has 0 unspecified atom stereocenters. The van der Waals surface area contributed by atoms with Crippen LogP contribution in [0, 0.1) is 6.92 Å². The Balaban J connectivity index is 1.63. The van der Waals surface area contributed by atoms with E-state index in [9.17, 15) is 13.2 Å². The number of hydrogen-bond donors (Lipinski definition) is 1. The summed E-state index contributed by atoms with van der Waals surface area (Å²) in [7, 11) is -3.93. The molecule has 1 amide bonds. The molecule has 31 heavy (non-hydrogen) atoms. The number of halogens is 1. The zero-order valence-electron chi connectivity index (χ0n) is 16.8. The van der Waals surface area contributed by atoms with Crippen molar-refractivity contribution in [1.29, 1.82) is 0 Å². The molecule has 0 aliphatic carbocycles. The van der Waals surface area contributed by atoms with Gasteiger partial charge in [-0.2, -0.15) is 0 Å². The van der Waals surface area contributed by atoms with Gasteiger partial charge in [0.05, 0.1) is 17.1 Å². The number of hydrogen-bond acceptors (Lipinski definition) is 4. The van der Waals surface area contributed by atoms with E-state index in [0.29, 0.717) is 17.3 Å². The Kier molecular flexibility index (Phi) is 5.89. The maximum atomic E-state index is 13.4. The normalized spacial score (nSPS) is 15.7. The van der Waals surface area contributed by atoms with E-state index in [1.54, 1.807) is 36.4 Å². The quantitative estimate of drug-likeness (QED) is 0.631. The lowest BCUT2D eigenvalue weighted by molar-refractivity contribution is -0.127. The van der Waals surface area contributed by atoms with Crippen molar-refractivity contribution in [3.8, 4) is 5.75 Å². The van der Waals surface area contributed by atoms with Gasteiger partial charge < -0.3 is 10.1 Å². The molecule has 0 saturated carbocycles. The molecule has 0 spiro atoms. The van der Waals surface area contributed by atoms with Crippen LogP contribution in [0.15, 0.2) is 77.7 Å². The first-order valence-electron chi connectivity index (χ1n) is 9.72. The zero-order valence-corrected chi connectivity index (χ0v) is 18.4. The molecule has 8 heteroatoms. The second-order valence-corrected chi connectivity index (χ2v) is 9.57. The van der Waals surface area contributed by atoms with Gasteiger partial charge in [0.2, 0.25) is 0 Å². The Morgan fingerprint density at radius 3 is 2.52 bits per heavy atom. The van der Waals surface area contributed by atoms with Gasteiger partial charge >= 0.3 is 0 Å². The van der Waals surface area contributed by atoms with Crippen molar-refractivity contribution in [3.05, 3.63) is 88.9 Å². The van der Waals surface area contributed by atoms with E-state index in [4.69, 9.17) is 16.3 Å². The standard InChI is InChI=1S/C23H21ClN2O4S/c1-16-7-10-19(11-8-16)31(28,29)26-15-22(30-21-12-9-18(24)13-20(21)26)23(27)25-14-17-5-3-2-4-6-17/h2-13,22H,14-15H2,1H3,(H,25,27)/t22-/m0/s1. The number of aryl methyl sites for hydroxylation is 1. The molecular weight excluding hydrogens is 436 g/mol. The highest BCUT2D eigenvalue weighted by atomic mass is 35.5. The smallest absolute Gasteiger partial charge is 0.264 e. The second kappa shape index (κ2) is 8.61. The average Bonchev–Trinajstić information content (AvgIpc) is 2.77. The van der Waals surface area contributed by atoms with E-state index in [2.05, 4.69) is 5.32 Å². The van der Waals surface area contributed by atoms with Gasteiger partial charge in [-0.25, -0.2) is 8.42 Å². The summed E-state index contributed by atoms with van der Waals surface area (Å²) in [6.45, 7) is 2.04. The lowest BCUT2D eigenvalue weighted by atomic mass is 10.2. The van der Waals surface area contributed by atoms with Crippen LogP contribution in [-0.4, -0.2) is 27.0 Å². The van der Waals surface area contributed by atoms with Crippen molar-refractivity contribution in [2.24, 2.45) is 0 Å². The van der Waals surface area contributed by atoms with Crippen molar-refractivity contribution in [2.75, 3.05) is 10.8 Å². The Hall–Kier alpha value is -3.03. The number of sulfonamides is 1. The molecule has 1 aliphatic heterocycles. The first-order valence-corrected chi connectivity index (χ1v) is 11.5. The Bertz CT molecular complexity index is 1200. The highest BCUT2D eigenvalue weighted by Gasteiger charge is 2.37. The van der Waals surface area contributed by atoms with Gasteiger partial charge in [0, 0.05) is 11.6 Å². The number of carbonyl (C=O) groups is 1. The topological polar surface area (TPSA) is 75.7 Å². The van der Waals surface area contributed by atoms with Gasteiger partial charge in [-0.05, 0) is 42.8 Å². The minimum absolute atomic E-state index is 0.134. The van der Waals surface area contributed by atoms with E-state index in [1.165, 1.54) is 10.4 Å². The van der Waals surface area contributed by atoms with Gasteiger partial charge in [-0.15, -0.1) is 0 Å². The summed E-state index contributed by atoms with van der Waals surface area (Å²) in [5.41, 5.74) is 2.19. The lowest BCUT2D eigenvalue weighted by Crippen LogP contribution is -2.50. The molecule has 0 aromatic heterocycles. The largest absolute Gasteiger partial charge is 0.476 e. The van der Waals surface area contributed by atoms with Crippen LogP contribution < -0.4 is 14.4 Å². The third-order valence-corrected chi connectivity index (χ3v) is 7.03. The van der Waals surface area contributed by atoms with Crippen LogP contribution in [0.1, 0.15) is 11.1 Å². The van der Waals surface area contributed by atoms with Crippen molar-refractivity contribution >= 4 is 33.2 Å². The van der Waals surface area contributed by atoms with Crippen LogP contribution in [0.4, 0.5) is 5.69 Å². The summed E-state index contributed by atoms with van der Waals surface area (Å²) in [5, 5.41) is 3.19. The number of fused-ring (bicyclic) bond motifs is 1. The molecule has 0 radical (unpaired) electrons. The predicted molar refractivity (Wildman–Crippen MR) is 120 cm³/mol. The van der Waals surface area contributed by atoms with E-state index < -0.39 is 22.0 Å². The molecule has 160 valence electrons. The number of anilines is 1. The molecule has 4 rings (SSSR count). The molecule has 1 aliphatic rings. The maximum Gasteiger partial charge on any atom is 0.264 e. The summed E-state index contributed by atoms with van der Waals surface area (Å²) < 4.78 is 33.9. The van der Waals surface area contributed by atoms with Gasteiger partial charge in [-0.1, -0.05) is 59.6 Å². The van der Waals surface area contributed by atoms with Crippen LogP contribution in [0.25, 0.3) is 0 Å². The molecule has 1 heterocycles. The average molecular weight is 457 g/mol. The highest BCUT2D eigenvalue weighted by molar-refractivity contribution is 7.92. The van der Waals surface area contributed by atoms with Gasteiger partial charge in [0.15, 0.2) is 6.10 Å². The lowest BCUT2D eigenvalue weighted by Gasteiger charge is -2.35. The highest BCUT2D eigenvalue weighted by Crippen LogP contribution is 2.38. The summed E-state index contributed by atoms with van der Waals surface area (Å²) in [6, 6.07) is 20.7. The van der Waals surface area contributed by atoms with Crippen molar-refractivity contribution in [3.63, 3.8) is 0 Å². The van der Waals surface area contributed by atoms with E-state index in [0.717, 1.165) is 11.1 Å². The molecule has 0 bridgehead atoms. The number of carbonyl (C=O) groups excluding carboxylic acids is 1. The summed E-state index contributed by atoms with van der Waals surface area (Å²) in [5.74, 6) is -0.111. The summed E-state index contributed by atoms with van der Waals surface area (Å²) >= 11 is 6.12. The number of amides is 1. The first-order chi connectivity index (χ1) is 14.8. The van der Waals surface area contributed by atoms with E-state index in [1.807, 2.05) is 37.3 Å². The van der Waals surface area contributed by atoms with Gasteiger partial charge in [-0.3, -0.25) is 9.10 Å². The molecule has 3 aromatic carbocycles. The van der Waals surface area contributed by atoms with Crippen molar-refractivity contribution < 1.29 is 17.9 Å². The maximum absolute atomic E-state index is 13.4. The Labute approximate surface area is 186 Å². The van der Waals surface area contributed by atoms with Crippen molar-refractivity contribution in [2.45, 2.75) is 24.5 Å².